The second-order valence-corrected chi connectivity index (χ2v) is 7.12. The van der Waals surface area contributed by atoms with Crippen LogP contribution in [0.1, 0.15) is 16.8 Å². The van der Waals surface area contributed by atoms with E-state index >= 15 is 0 Å². The highest BCUT2D eigenvalue weighted by Crippen LogP contribution is 2.31. The Morgan fingerprint density at radius 2 is 1.89 bits per heavy atom. The molecule has 3 aromatic rings. The van der Waals surface area contributed by atoms with Crippen LogP contribution in [0.3, 0.4) is 0 Å². The number of pyridine rings is 1. The molecule has 0 spiro atoms. The van der Waals surface area contributed by atoms with Crippen LogP contribution in [0.4, 0.5) is 0 Å². The summed E-state index contributed by atoms with van der Waals surface area (Å²) < 4.78 is 10.7. The minimum absolute atomic E-state index is 0.0450. The lowest BCUT2D eigenvalue weighted by Gasteiger charge is -2.28. The molecule has 140 valence electrons. The van der Waals surface area contributed by atoms with Gasteiger partial charge in [-0.1, -0.05) is 29.8 Å². The van der Waals surface area contributed by atoms with E-state index in [4.69, 9.17) is 21.1 Å². The molecule has 0 bridgehead atoms. The number of aromatic nitrogens is 1. The average Bonchev–Trinajstić information content (AvgIpc) is 2.69. The largest absolute Gasteiger partial charge is 0.493 e. The minimum Gasteiger partial charge on any atom is -0.493 e. The van der Waals surface area contributed by atoms with Crippen LogP contribution in [0.5, 0.6) is 11.5 Å². The molecule has 27 heavy (non-hydrogen) atoms. The van der Waals surface area contributed by atoms with Crippen LogP contribution in [-0.4, -0.2) is 30.6 Å². The molecule has 0 saturated heterocycles. The number of benzene rings is 2. The van der Waals surface area contributed by atoms with Gasteiger partial charge in [0.1, 0.15) is 0 Å². The van der Waals surface area contributed by atoms with Gasteiger partial charge in [-0.3, -0.25) is 9.69 Å². The number of H-pyrrole nitrogens is 1. The van der Waals surface area contributed by atoms with Gasteiger partial charge in [0.2, 0.25) is 0 Å². The molecule has 5 nitrogen and oxygen atoms in total. The summed E-state index contributed by atoms with van der Waals surface area (Å²) in [5.74, 6) is 1.16. The molecule has 2 aromatic carbocycles. The Morgan fingerprint density at radius 1 is 1.15 bits per heavy atom. The monoisotopic (exact) mass is 384 g/mol. The van der Waals surface area contributed by atoms with Crippen LogP contribution in [0, 0.1) is 0 Å². The minimum atomic E-state index is 0.0450. The summed E-state index contributed by atoms with van der Waals surface area (Å²) in [5.41, 5.74) is 3.70. The highest BCUT2D eigenvalue weighted by atomic mass is 35.5. The SMILES string of the molecule is COc1cc2[nH]c3c(c(=O)c2cc1OC)CN(Cc1ccccc1Cl)CC3. The summed E-state index contributed by atoms with van der Waals surface area (Å²) >= 11 is 6.29. The number of methoxy groups -OCH3 is 2. The highest BCUT2D eigenvalue weighted by Gasteiger charge is 2.22. The lowest BCUT2D eigenvalue weighted by Crippen LogP contribution is -2.34. The number of fused-ring (bicyclic) bond motifs is 2. The quantitative estimate of drug-likeness (QED) is 0.744. The van der Waals surface area contributed by atoms with E-state index in [2.05, 4.69) is 9.88 Å². The van der Waals surface area contributed by atoms with Crippen LogP contribution in [0.25, 0.3) is 10.9 Å². The molecule has 1 aromatic heterocycles. The molecule has 0 radical (unpaired) electrons. The zero-order valence-electron chi connectivity index (χ0n) is 15.3. The van der Waals surface area contributed by atoms with Gasteiger partial charge >= 0.3 is 0 Å². The molecule has 1 aliphatic heterocycles. The summed E-state index contributed by atoms with van der Waals surface area (Å²) in [4.78, 5) is 18.8. The van der Waals surface area contributed by atoms with Gasteiger partial charge in [0, 0.05) is 53.8 Å². The predicted molar refractivity (Wildman–Crippen MR) is 107 cm³/mol. The zero-order chi connectivity index (χ0) is 19.0. The fraction of sp³-hybridized carbons (Fsp3) is 0.286. The first-order chi connectivity index (χ1) is 13.1. The Balaban J connectivity index is 1.71. The van der Waals surface area contributed by atoms with Crippen molar-refractivity contribution in [3.05, 3.63) is 68.5 Å². The number of nitrogens with zero attached hydrogens (tertiary/aromatic N) is 1. The van der Waals surface area contributed by atoms with Crippen LogP contribution in [0.15, 0.2) is 41.2 Å². The first-order valence-corrected chi connectivity index (χ1v) is 9.24. The summed E-state index contributed by atoms with van der Waals surface area (Å²) in [5, 5.41) is 1.37. The van der Waals surface area contributed by atoms with Crippen molar-refractivity contribution in [1.82, 2.24) is 9.88 Å². The topological polar surface area (TPSA) is 54.6 Å². The summed E-state index contributed by atoms with van der Waals surface area (Å²) in [6, 6.07) is 11.4. The lowest BCUT2D eigenvalue weighted by atomic mass is 10.0. The third kappa shape index (κ3) is 3.29. The smallest absolute Gasteiger partial charge is 0.194 e. The maximum absolute atomic E-state index is 13.1. The van der Waals surface area contributed by atoms with Crippen molar-refractivity contribution >= 4 is 22.5 Å². The zero-order valence-corrected chi connectivity index (χ0v) is 16.1. The molecule has 0 saturated carbocycles. The van der Waals surface area contributed by atoms with Gasteiger partial charge in [-0.15, -0.1) is 0 Å². The maximum atomic E-state index is 13.1. The van der Waals surface area contributed by atoms with Crippen molar-refractivity contribution in [3.8, 4) is 11.5 Å². The summed E-state index contributed by atoms with van der Waals surface area (Å²) in [7, 11) is 3.16. The Labute approximate surface area is 162 Å². The van der Waals surface area contributed by atoms with E-state index in [1.165, 1.54) is 0 Å². The number of halogens is 1. The van der Waals surface area contributed by atoms with Crippen molar-refractivity contribution in [1.29, 1.82) is 0 Å². The van der Waals surface area contributed by atoms with Gasteiger partial charge in [-0.05, 0) is 17.7 Å². The number of aromatic amines is 1. The molecule has 0 fully saturated rings. The molecule has 4 rings (SSSR count). The standard InChI is InChI=1S/C21H21ClN2O3/c1-26-19-9-14-18(10-20(19)27-2)23-17-7-8-24(12-15(17)21(14)25)11-13-5-3-4-6-16(13)22/h3-6,9-10H,7-8,11-12H2,1-2H3,(H,23,25). The van der Waals surface area contributed by atoms with E-state index in [9.17, 15) is 4.79 Å². The van der Waals surface area contributed by atoms with Crippen molar-refractivity contribution in [3.63, 3.8) is 0 Å². The normalized spacial score (nSPS) is 14.2. The molecule has 1 N–H and O–H groups in total. The molecule has 0 unspecified atom stereocenters. The van der Waals surface area contributed by atoms with Gasteiger partial charge in [-0.2, -0.15) is 0 Å². The molecule has 0 aliphatic carbocycles. The predicted octanol–water partition coefficient (Wildman–Crippen LogP) is 3.76. The fourth-order valence-corrected chi connectivity index (χ4v) is 3.86. The number of hydrogen-bond acceptors (Lipinski definition) is 4. The van der Waals surface area contributed by atoms with Gasteiger partial charge in [0.25, 0.3) is 0 Å². The van der Waals surface area contributed by atoms with Gasteiger partial charge in [-0.25, -0.2) is 0 Å². The highest BCUT2D eigenvalue weighted by molar-refractivity contribution is 6.31. The van der Waals surface area contributed by atoms with Gasteiger partial charge in [0.05, 0.1) is 19.7 Å². The van der Waals surface area contributed by atoms with Crippen LogP contribution in [0.2, 0.25) is 5.02 Å². The number of hydrogen-bond donors (Lipinski definition) is 1. The Morgan fingerprint density at radius 3 is 2.63 bits per heavy atom. The van der Waals surface area contributed by atoms with Crippen LogP contribution in [-0.2, 0) is 19.5 Å². The first-order valence-electron chi connectivity index (χ1n) is 8.86. The van der Waals surface area contributed by atoms with Gasteiger partial charge < -0.3 is 14.5 Å². The first kappa shape index (κ1) is 17.9. The van der Waals surface area contributed by atoms with Crippen molar-refractivity contribution in [2.75, 3.05) is 20.8 Å². The fourth-order valence-electron chi connectivity index (χ4n) is 3.66. The molecular formula is C21H21ClN2O3. The molecule has 0 atom stereocenters. The molecular weight excluding hydrogens is 364 g/mol. The molecule has 6 heteroatoms. The van der Waals surface area contributed by atoms with E-state index in [0.29, 0.717) is 23.4 Å². The van der Waals surface area contributed by atoms with E-state index in [-0.39, 0.29) is 5.43 Å². The number of rotatable bonds is 4. The molecule has 1 aliphatic rings. The third-order valence-electron chi connectivity index (χ3n) is 5.10. The van der Waals surface area contributed by atoms with Crippen molar-refractivity contribution in [2.24, 2.45) is 0 Å². The second kappa shape index (κ2) is 7.25. The van der Waals surface area contributed by atoms with E-state index in [1.54, 1.807) is 20.3 Å². The molecule has 0 amide bonds. The van der Waals surface area contributed by atoms with Gasteiger partial charge in [0.15, 0.2) is 16.9 Å². The Hall–Kier alpha value is -2.50. The van der Waals surface area contributed by atoms with Crippen molar-refractivity contribution < 1.29 is 9.47 Å². The Kier molecular flexibility index (Phi) is 4.81. The van der Waals surface area contributed by atoms with E-state index < -0.39 is 0 Å². The van der Waals surface area contributed by atoms with Crippen LogP contribution >= 0.6 is 11.6 Å². The molecule has 2 heterocycles. The van der Waals surface area contributed by atoms with Crippen molar-refractivity contribution in [2.45, 2.75) is 19.5 Å². The van der Waals surface area contributed by atoms with E-state index in [0.717, 1.165) is 46.9 Å². The second-order valence-electron chi connectivity index (χ2n) is 6.72. The third-order valence-corrected chi connectivity index (χ3v) is 5.47. The summed E-state index contributed by atoms with van der Waals surface area (Å²) in [6.07, 6.45) is 0.791. The average molecular weight is 385 g/mol. The Bertz CT molecular complexity index is 1060. The van der Waals surface area contributed by atoms with Crippen LogP contribution < -0.4 is 14.9 Å². The lowest BCUT2D eigenvalue weighted by molar-refractivity contribution is 0.243. The summed E-state index contributed by atoms with van der Waals surface area (Å²) in [6.45, 7) is 2.19. The maximum Gasteiger partial charge on any atom is 0.194 e. The number of nitrogens with one attached hydrogen (secondary N) is 1. The number of ether oxygens (including phenoxy) is 2. The van der Waals surface area contributed by atoms with E-state index in [1.807, 2.05) is 30.3 Å².